The second-order valence-electron chi connectivity index (χ2n) is 3.95. The molecule has 1 unspecified atom stereocenters. The zero-order chi connectivity index (χ0) is 13.5. The topological polar surface area (TPSA) is 56.7 Å². The molecule has 0 N–H and O–H groups in total. The standard InChI is InChI=1S/C10H11F3N4O/c1-5-4-8(10(11,12)13)16-17(5)6(2)9-15-14-7(3)18-9/h4,6H,1-3H3. The molecule has 0 aliphatic heterocycles. The van der Waals surface area contributed by atoms with Crippen molar-refractivity contribution in [1.82, 2.24) is 20.0 Å². The van der Waals surface area contributed by atoms with Crippen molar-refractivity contribution in [1.29, 1.82) is 0 Å². The quantitative estimate of drug-likeness (QED) is 0.832. The Morgan fingerprint density at radius 1 is 1.28 bits per heavy atom. The van der Waals surface area contributed by atoms with Crippen molar-refractivity contribution in [2.45, 2.75) is 33.0 Å². The first kappa shape index (κ1) is 12.6. The third-order valence-corrected chi connectivity index (χ3v) is 2.48. The van der Waals surface area contributed by atoms with Crippen molar-refractivity contribution >= 4 is 0 Å². The van der Waals surface area contributed by atoms with Crippen molar-refractivity contribution in [2.75, 3.05) is 0 Å². The molecule has 0 aliphatic rings. The molecular formula is C10H11F3N4O. The van der Waals surface area contributed by atoms with Gasteiger partial charge in [0.2, 0.25) is 11.8 Å². The minimum absolute atomic E-state index is 0.229. The molecule has 0 saturated carbocycles. The van der Waals surface area contributed by atoms with Gasteiger partial charge >= 0.3 is 6.18 Å². The summed E-state index contributed by atoms with van der Waals surface area (Å²) in [5.74, 6) is 0.588. The lowest BCUT2D eigenvalue weighted by molar-refractivity contribution is -0.141. The van der Waals surface area contributed by atoms with E-state index >= 15 is 0 Å². The summed E-state index contributed by atoms with van der Waals surface area (Å²) in [5.41, 5.74) is -0.547. The molecule has 0 amide bonds. The average Bonchev–Trinajstić information content (AvgIpc) is 2.83. The molecule has 5 nitrogen and oxygen atoms in total. The molecule has 2 aromatic rings. The Labute approximate surface area is 101 Å². The van der Waals surface area contributed by atoms with Crippen molar-refractivity contribution in [3.63, 3.8) is 0 Å². The predicted molar refractivity (Wildman–Crippen MR) is 54.8 cm³/mol. The van der Waals surface area contributed by atoms with E-state index in [1.54, 1.807) is 20.8 Å². The van der Waals surface area contributed by atoms with Gasteiger partial charge in [-0.2, -0.15) is 18.3 Å². The summed E-state index contributed by atoms with van der Waals surface area (Å²) >= 11 is 0. The largest absolute Gasteiger partial charge is 0.435 e. The minimum atomic E-state index is -4.46. The van der Waals surface area contributed by atoms with Crippen LogP contribution in [0, 0.1) is 13.8 Å². The smallest absolute Gasteiger partial charge is 0.423 e. The van der Waals surface area contributed by atoms with Crippen LogP contribution in [0.15, 0.2) is 10.5 Å². The van der Waals surface area contributed by atoms with E-state index in [2.05, 4.69) is 15.3 Å². The number of rotatable bonds is 2. The molecule has 0 aromatic carbocycles. The van der Waals surface area contributed by atoms with Gasteiger partial charge in [0.1, 0.15) is 6.04 Å². The fraction of sp³-hybridized carbons (Fsp3) is 0.500. The molecule has 0 aliphatic carbocycles. The molecule has 0 fully saturated rings. The van der Waals surface area contributed by atoms with Crippen LogP contribution in [0.4, 0.5) is 13.2 Å². The van der Waals surface area contributed by atoms with Crippen molar-refractivity contribution in [3.05, 3.63) is 29.2 Å². The SMILES string of the molecule is Cc1nnc(C(C)n2nc(C(F)(F)F)cc2C)o1. The maximum Gasteiger partial charge on any atom is 0.435 e. The summed E-state index contributed by atoms with van der Waals surface area (Å²) in [5, 5.41) is 10.9. The van der Waals surface area contributed by atoms with E-state index in [0.717, 1.165) is 6.07 Å². The summed E-state index contributed by atoms with van der Waals surface area (Å²) < 4.78 is 44.0. The Hall–Kier alpha value is -1.86. The summed E-state index contributed by atoms with van der Waals surface area (Å²) in [6.07, 6.45) is -4.46. The van der Waals surface area contributed by atoms with Crippen molar-refractivity contribution in [2.24, 2.45) is 0 Å². The van der Waals surface area contributed by atoms with Gasteiger partial charge in [0.05, 0.1) is 0 Å². The fourth-order valence-electron chi connectivity index (χ4n) is 1.60. The molecule has 2 rings (SSSR count). The van der Waals surface area contributed by atoms with Gasteiger partial charge in [-0.15, -0.1) is 10.2 Å². The summed E-state index contributed by atoms with van der Waals surface area (Å²) in [7, 11) is 0. The molecule has 0 bridgehead atoms. The highest BCUT2D eigenvalue weighted by Crippen LogP contribution is 2.30. The lowest BCUT2D eigenvalue weighted by Gasteiger charge is -2.09. The Morgan fingerprint density at radius 3 is 2.39 bits per heavy atom. The third kappa shape index (κ3) is 2.22. The van der Waals surface area contributed by atoms with Gasteiger partial charge in [-0.05, 0) is 19.9 Å². The van der Waals surface area contributed by atoms with E-state index in [1.807, 2.05) is 0 Å². The van der Waals surface area contributed by atoms with E-state index in [1.165, 1.54) is 4.68 Å². The van der Waals surface area contributed by atoms with Crippen LogP contribution >= 0.6 is 0 Å². The van der Waals surface area contributed by atoms with Gasteiger partial charge in [0, 0.05) is 12.6 Å². The first-order valence-corrected chi connectivity index (χ1v) is 5.22. The number of hydrogen-bond acceptors (Lipinski definition) is 4. The van der Waals surface area contributed by atoms with Crippen molar-refractivity contribution < 1.29 is 17.6 Å². The van der Waals surface area contributed by atoms with Crippen molar-refractivity contribution in [3.8, 4) is 0 Å². The molecular weight excluding hydrogens is 249 g/mol. The highest BCUT2D eigenvalue weighted by Gasteiger charge is 2.35. The maximum absolute atomic E-state index is 12.5. The third-order valence-electron chi connectivity index (χ3n) is 2.48. The predicted octanol–water partition coefficient (Wildman–Crippen LogP) is 2.51. The highest BCUT2D eigenvalue weighted by atomic mass is 19.4. The van der Waals surface area contributed by atoms with Crippen LogP contribution in [0.25, 0.3) is 0 Å². The van der Waals surface area contributed by atoms with Crippen LogP contribution in [0.5, 0.6) is 0 Å². The minimum Gasteiger partial charge on any atom is -0.423 e. The number of aromatic nitrogens is 4. The number of nitrogens with zero attached hydrogens (tertiary/aromatic N) is 4. The molecule has 0 radical (unpaired) electrons. The lowest BCUT2D eigenvalue weighted by Crippen LogP contribution is -2.13. The Kier molecular flexibility index (Phi) is 2.88. The lowest BCUT2D eigenvalue weighted by atomic mass is 10.3. The number of aryl methyl sites for hydroxylation is 2. The second-order valence-corrected chi connectivity index (χ2v) is 3.95. The van der Waals surface area contributed by atoms with Gasteiger partial charge in [0.25, 0.3) is 0 Å². The number of halogens is 3. The van der Waals surface area contributed by atoms with Crippen LogP contribution in [-0.2, 0) is 6.18 Å². The second kappa shape index (κ2) is 4.11. The Bertz CT molecular complexity index is 558. The van der Waals surface area contributed by atoms with Gasteiger partial charge < -0.3 is 4.42 Å². The zero-order valence-electron chi connectivity index (χ0n) is 9.99. The molecule has 2 heterocycles. The highest BCUT2D eigenvalue weighted by molar-refractivity contribution is 5.13. The van der Waals surface area contributed by atoms with Crippen LogP contribution in [0.3, 0.4) is 0 Å². The first-order valence-electron chi connectivity index (χ1n) is 5.22. The average molecular weight is 260 g/mol. The molecule has 2 aromatic heterocycles. The van der Waals surface area contributed by atoms with Gasteiger partial charge in [-0.1, -0.05) is 0 Å². The summed E-state index contributed by atoms with van der Waals surface area (Å²) in [6.45, 7) is 4.80. The van der Waals surface area contributed by atoms with Crippen LogP contribution < -0.4 is 0 Å². The van der Waals surface area contributed by atoms with Gasteiger partial charge in [-0.25, -0.2) is 0 Å². The summed E-state index contributed by atoms with van der Waals surface area (Å²) in [4.78, 5) is 0. The van der Waals surface area contributed by atoms with E-state index in [0.29, 0.717) is 11.6 Å². The first-order chi connectivity index (χ1) is 8.29. The molecule has 98 valence electrons. The molecule has 8 heteroatoms. The monoisotopic (exact) mass is 260 g/mol. The molecule has 0 saturated heterocycles. The number of hydrogen-bond donors (Lipinski definition) is 0. The van der Waals surface area contributed by atoms with Gasteiger partial charge in [-0.3, -0.25) is 4.68 Å². The van der Waals surface area contributed by atoms with Gasteiger partial charge in [0.15, 0.2) is 5.69 Å². The Balaban J connectivity index is 2.37. The molecule has 1 atom stereocenters. The summed E-state index contributed by atoms with van der Waals surface area (Å²) in [6, 6.07) is 0.446. The zero-order valence-corrected chi connectivity index (χ0v) is 9.99. The number of alkyl halides is 3. The van der Waals surface area contributed by atoms with E-state index < -0.39 is 17.9 Å². The maximum atomic E-state index is 12.5. The Morgan fingerprint density at radius 2 is 1.94 bits per heavy atom. The molecule has 18 heavy (non-hydrogen) atoms. The van der Waals surface area contributed by atoms with Crippen LogP contribution in [0.2, 0.25) is 0 Å². The van der Waals surface area contributed by atoms with E-state index in [-0.39, 0.29) is 5.89 Å². The normalized spacial score (nSPS) is 13.9. The fourth-order valence-corrected chi connectivity index (χ4v) is 1.60. The van der Waals surface area contributed by atoms with Crippen LogP contribution in [-0.4, -0.2) is 20.0 Å². The molecule has 0 spiro atoms. The van der Waals surface area contributed by atoms with E-state index in [4.69, 9.17) is 4.42 Å². The van der Waals surface area contributed by atoms with E-state index in [9.17, 15) is 13.2 Å². The van der Waals surface area contributed by atoms with Crippen LogP contribution in [0.1, 0.15) is 36.1 Å².